The molecular weight excluding hydrogens is 300 g/mol. The van der Waals surface area contributed by atoms with E-state index in [1.54, 1.807) is 0 Å². The first-order valence-electron chi connectivity index (χ1n) is 7.87. The lowest BCUT2D eigenvalue weighted by Gasteiger charge is -2.33. The summed E-state index contributed by atoms with van der Waals surface area (Å²) < 4.78 is 26.1. The fraction of sp³-hybridized carbons (Fsp3) is 0.562. The molecule has 120 valence electrons. The summed E-state index contributed by atoms with van der Waals surface area (Å²) in [7, 11) is -3.33. The second-order valence-electron chi connectivity index (χ2n) is 6.06. The zero-order valence-electron chi connectivity index (χ0n) is 12.6. The number of aryl methyl sites for hydroxylation is 1. The largest absolute Gasteiger partial charge is 0.337 e. The summed E-state index contributed by atoms with van der Waals surface area (Å²) in [5.74, 6) is 0.0684. The Kier molecular flexibility index (Phi) is 4.49. The van der Waals surface area contributed by atoms with Crippen LogP contribution >= 0.6 is 0 Å². The van der Waals surface area contributed by atoms with Gasteiger partial charge in [-0.3, -0.25) is 4.79 Å². The fourth-order valence-electron chi connectivity index (χ4n) is 2.91. The summed E-state index contributed by atoms with van der Waals surface area (Å²) >= 11 is 0. The molecule has 5 nitrogen and oxygen atoms in total. The third kappa shape index (κ3) is 3.67. The minimum atomic E-state index is -3.33. The summed E-state index contributed by atoms with van der Waals surface area (Å²) in [5.41, 5.74) is 1.15. The van der Waals surface area contributed by atoms with Crippen LogP contribution < -0.4 is 0 Å². The second-order valence-corrected chi connectivity index (χ2v) is 8.15. The molecule has 1 aromatic carbocycles. The first-order valence-corrected chi connectivity index (χ1v) is 9.48. The van der Waals surface area contributed by atoms with Crippen molar-refractivity contribution < 1.29 is 13.2 Å². The van der Waals surface area contributed by atoms with Crippen molar-refractivity contribution in [1.29, 1.82) is 0 Å². The molecule has 0 N–H and O–H groups in total. The second kappa shape index (κ2) is 6.38. The van der Waals surface area contributed by atoms with Crippen molar-refractivity contribution >= 4 is 15.9 Å². The van der Waals surface area contributed by atoms with Crippen molar-refractivity contribution in [2.75, 3.05) is 25.4 Å². The topological polar surface area (TPSA) is 57.7 Å². The summed E-state index contributed by atoms with van der Waals surface area (Å²) in [4.78, 5) is 13.9. The summed E-state index contributed by atoms with van der Waals surface area (Å²) in [6.45, 7) is 1.00. The van der Waals surface area contributed by atoms with Gasteiger partial charge in [-0.2, -0.15) is 4.31 Å². The van der Waals surface area contributed by atoms with Gasteiger partial charge in [0.2, 0.25) is 15.9 Å². The van der Waals surface area contributed by atoms with Crippen molar-refractivity contribution in [3.8, 4) is 0 Å². The molecule has 3 rings (SSSR count). The van der Waals surface area contributed by atoms with Crippen LogP contribution in [0.25, 0.3) is 0 Å². The number of amides is 1. The van der Waals surface area contributed by atoms with E-state index in [1.165, 1.54) is 4.31 Å². The van der Waals surface area contributed by atoms with Gasteiger partial charge in [0.15, 0.2) is 0 Å². The highest BCUT2D eigenvalue weighted by molar-refractivity contribution is 7.89. The summed E-state index contributed by atoms with van der Waals surface area (Å²) in [5, 5.41) is 0. The maximum atomic E-state index is 12.4. The normalized spacial score (nSPS) is 20.4. The first kappa shape index (κ1) is 15.5. The van der Waals surface area contributed by atoms with E-state index in [2.05, 4.69) is 0 Å². The zero-order valence-corrected chi connectivity index (χ0v) is 13.5. The van der Waals surface area contributed by atoms with E-state index in [-0.39, 0.29) is 18.2 Å². The number of hydrogen-bond acceptors (Lipinski definition) is 3. The Balaban J connectivity index is 1.51. The van der Waals surface area contributed by atoms with Crippen molar-refractivity contribution in [1.82, 2.24) is 9.21 Å². The Hall–Kier alpha value is -1.40. The zero-order chi connectivity index (χ0) is 15.6. The van der Waals surface area contributed by atoms with Crippen LogP contribution in [0.4, 0.5) is 0 Å². The molecule has 1 saturated carbocycles. The Labute approximate surface area is 132 Å². The van der Waals surface area contributed by atoms with Crippen molar-refractivity contribution in [3.05, 3.63) is 35.9 Å². The van der Waals surface area contributed by atoms with Crippen LogP contribution in [-0.2, 0) is 21.2 Å². The Morgan fingerprint density at radius 2 is 1.82 bits per heavy atom. The van der Waals surface area contributed by atoms with E-state index in [9.17, 15) is 13.2 Å². The van der Waals surface area contributed by atoms with Gasteiger partial charge in [-0.25, -0.2) is 8.42 Å². The molecule has 2 fully saturated rings. The van der Waals surface area contributed by atoms with E-state index in [4.69, 9.17) is 0 Å². The number of benzene rings is 1. The summed E-state index contributed by atoms with van der Waals surface area (Å²) in [6, 6.07) is 10.2. The Morgan fingerprint density at radius 1 is 1.09 bits per heavy atom. The number of rotatable bonds is 6. The molecule has 1 saturated heterocycles. The minimum absolute atomic E-state index is 0.0180. The van der Waals surface area contributed by atoms with Gasteiger partial charge in [0.25, 0.3) is 0 Å². The molecule has 0 atom stereocenters. The van der Waals surface area contributed by atoms with Crippen LogP contribution in [0.1, 0.15) is 24.8 Å². The predicted octanol–water partition coefficient (Wildman–Crippen LogP) is 1.26. The third-order valence-electron chi connectivity index (χ3n) is 4.31. The maximum Gasteiger partial charge on any atom is 0.238 e. The molecule has 0 unspecified atom stereocenters. The molecule has 0 radical (unpaired) electrons. The molecular formula is C16H22N2O3S. The fourth-order valence-corrected chi connectivity index (χ4v) is 4.34. The number of carbonyl (C=O) groups is 1. The number of nitrogens with zero attached hydrogens (tertiary/aromatic N) is 2. The van der Waals surface area contributed by atoms with Crippen molar-refractivity contribution in [2.45, 2.75) is 31.7 Å². The molecule has 22 heavy (non-hydrogen) atoms. The number of hydrogen-bond donors (Lipinski definition) is 0. The molecule has 1 aromatic rings. The summed E-state index contributed by atoms with van der Waals surface area (Å²) in [6.07, 6.45) is 3.46. The van der Waals surface area contributed by atoms with E-state index in [0.29, 0.717) is 25.6 Å². The molecule has 2 aliphatic rings. The highest BCUT2D eigenvalue weighted by Crippen LogP contribution is 2.28. The highest BCUT2D eigenvalue weighted by atomic mass is 32.2. The van der Waals surface area contributed by atoms with Gasteiger partial charge in [0.1, 0.15) is 0 Å². The van der Waals surface area contributed by atoms with Crippen LogP contribution in [0.5, 0.6) is 0 Å². The Morgan fingerprint density at radius 3 is 2.45 bits per heavy atom. The van der Waals surface area contributed by atoms with Crippen LogP contribution in [-0.4, -0.2) is 55.0 Å². The smallest absolute Gasteiger partial charge is 0.238 e. The van der Waals surface area contributed by atoms with Gasteiger partial charge in [0, 0.05) is 19.1 Å². The monoisotopic (exact) mass is 322 g/mol. The molecule has 1 amide bonds. The van der Waals surface area contributed by atoms with Gasteiger partial charge in [-0.15, -0.1) is 0 Å². The van der Waals surface area contributed by atoms with E-state index >= 15 is 0 Å². The quantitative estimate of drug-likeness (QED) is 0.792. The molecule has 0 bridgehead atoms. The SMILES string of the molecule is O=C1CN(S(=O)(=O)CCCc2ccccc2)CCN1C1CC1. The number of carbonyl (C=O) groups excluding carboxylic acids is 1. The van der Waals surface area contributed by atoms with E-state index in [1.807, 2.05) is 35.2 Å². The van der Waals surface area contributed by atoms with Gasteiger partial charge in [-0.1, -0.05) is 30.3 Å². The van der Waals surface area contributed by atoms with Crippen LogP contribution in [0, 0.1) is 0 Å². The minimum Gasteiger partial charge on any atom is -0.337 e. The van der Waals surface area contributed by atoms with Crippen LogP contribution in [0.15, 0.2) is 30.3 Å². The third-order valence-corrected chi connectivity index (χ3v) is 6.22. The highest BCUT2D eigenvalue weighted by Gasteiger charge is 2.38. The van der Waals surface area contributed by atoms with Gasteiger partial charge in [-0.05, 0) is 31.2 Å². The maximum absolute atomic E-state index is 12.4. The lowest BCUT2D eigenvalue weighted by Crippen LogP contribution is -2.53. The molecule has 0 aromatic heterocycles. The number of sulfonamides is 1. The van der Waals surface area contributed by atoms with Gasteiger partial charge < -0.3 is 4.90 Å². The molecule has 1 heterocycles. The number of piperazine rings is 1. The van der Waals surface area contributed by atoms with Crippen LogP contribution in [0.2, 0.25) is 0 Å². The Bertz CT molecular complexity index is 626. The molecule has 6 heteroatoms. The van der Waals surface area contributed by atoms with Gasteiger partial charge >= 0.3 is 0 Å². The van der Waals surface area contributed by atoms with Crippen molar-refractivity contribution in [3.63, 3.8) is 0 Å². The van der Waals surface area contributed by atoms with Gasteiger partial charge in [0.05, 0.1) is 12.3 Å². The van der Waals surface area contributed by atoms with Crippen LogP contribution in [0.3, 0.4) is 0 Å². The molecule has 1 aliphatic carbocycles. The molecule has 0 spiro atoms. The average molecular weight is 322 g/mol. The standard InChI is InChI=1S/C16H22N2O3S/c19-16-13-17(10-11-18(16)15-8-9-15)22(20,21)12-4-7-14-5-2-1-3-6-14/h1-3,5-6,15H,4,7-13H2. The lowest BCUT2D eigenvalue weighted by molar-refractivity contribution is -0.134. The molecule has 1 aliphatic heterocycles. The average Bonchev–Trinajstić information content (AvgIpc) is 3.33. The predicted molar refractivity (Wildman–Crippen MR) is 84.9 cm³/mol. The first-order chi connectivity index (χ1) is 10.6. The lowest BCUT2D eigenvalue weighted by atomic mass is 10.1. The van der Waals surface area contributed by atoms with E-state index < -0.39 is 10.0 Å². The van der Waals surface area contributed by atoms with E-state index in [0.717, 1.165) is 24.8 Å². The van der Waals surface area contributed by atoms with Crippen molar-refractivity contribution in [2.24, 2.45) is 0 Å².